The van der Waals surface area contributed by atoms with Gasteiger partial charge in [-0.25, -0.2) is 0 Å². The molecule has 0 heterocycles. The fourth-order valence-electron chi connectivity index (χ4n) is 1.00. The molecule has 0 aliphatic heterocycles. The van der Waals surface area contributed by atoms with Crippen LogP contribution in [0.5, 0.6) is 0 Å². The van der Waals surface area contributed by atoms with Gasteiger partial charge in [0.05, 0.1) is 0 Å². The van der Waals surface area contributed by atoms with E-state index >= 15 is 0 Å². The molecule has 0 fully saturated rings. The van der Waals surface area contributed by atoms with Crippen molar-refractivity contribution >= 4 is 0 Å². The zero-order chi connectivity index (χ0) is 10.8. The second-order valence-electron chi connectivity index (χ2n) is 3.09. The van der Waals surface area contributed by atoms with Gasteiger partial charge in [-0.2, -0.15) is 0 Å². The van der Waals surface area contributed by atoms with Crippen LogP contribution in [-0.2, 0) is 4.74 Å². The summed E-state index contributed by atoms with van der Waals surface area (Å²) in [6.45, 7) is 6.85. The predicted molar refractivity (Wildman–Crippen MR) is 62.3 cm³/mol. The number of allylic oxidation sites excluding steroid dienone is 3. The van der Waals surface area contributed by atoms with E-state index in [4.69, 9.17) is 4.74 Å². The minimum Gasteiger partial charge on any atom is -0.492 e. The molecule has 0 bridgehead atoms. The molecule has 0 amide bonds. The fraction of sp³-hybridized carbons (Fsp3) is 0.667. The average Bonchev–Trinajstić information content (AvgIpc) is 2.30. The van der Waals surface area contributed by atoms with E-state index in [0.717, 1.165) is 25.2 Å². The molecule has 2 heteroatoms. The number of hydrogen-bond donors (Lipinski definition) is 1. The van der Waals surface area contributed by atoms with Gasteiger partial charge >= 0.3 is 0 Å². The highest BCUT2D eigenvalue weighted by Crippen LogP contribution is 2.10. The normalized spacial score (nSPS) is 16.4. The van der Waals surface area contributed by atoms with E-state index in [1.54, 1.807) is 0 Å². The second-order valence-corrected chi connectivity index (χ2v) is 3.09. The van der Waals surface area contributed by atoms with Gasteiger partial charge in [-0.05, 0) is 39.0 Å². The molecular weight excluding hydrogens is 174 g/mol. The zero-order valence-electron chi connectivity index (χ0n) is 9.84. The van der Waals surface area contributed by atoms with Crippen LogP contribution >= 0.6 is 0 Å². The first-order valence-corrected chi connectivity index (χ1v) is 5.49. The Morgan fingerprint density at radius 1 is 1.43 bits per heavy atom. The van der Waals surface area contributed by atoms with Crippen LogP contribution < -0.4 is 5.32 Å². The van der Waals surface area contributed by atoms with Crippen molar-refractivity contribution in [1.82, 2.24) is 5.32 Å². The molecular formula is C12H23NO. The Labute approximate surface area is 88.0 Å². The molecule has 0 aromatic heterocycles. The first-order chi connectivity index (χ1) is 6.83. The maximum atomic E-state index is 5.55. The summed E-state index contributed by atoms with van der Waals surface area (Å²) in [6.07, 6.45) is 8.60. The number of nitrogens with one attached hydrogen (secondary N) is 1. The van der Waals surface area contributed by atoms with Gasteiger partial charge in [-0.15, -0.1) is 0 Å². The third-order valence-corrected chi connectivity index (χ3v) is 1.95. The van der Waals surface area contributed by atoms with Crippen molar-refractivity contribution < 1.29 is 4.74 Å². The number of rotatable bonds is 4. The average molecular weight is 197 g/mol. The number of hydrogen-bond acceptors (Lipinski definition) is 2. The van der Waals surface area contributed by atoms with Crippen molar-refractivity contribution in [2.75, 3.05) is 13.7 Å². The van der Waals surface area contributed by atoms with E-state index in [1.165, 1.54) is 0 Å². The van der Waals surface area contributed by atoms with Crippen LogP contribution in [0.1, 0.15) is 33.6 Å². The molecule has 0 saturated heterocycles. The van der Waals surface area contributed by atoms with Crippen molar-refractivity contribution in [2.45, 2.75) is 39.7 Å². The van der Waals surface area contributed by atoms with E-state index in [9.17, 15) is 0 Å². The van der Waals surface area contributed by atoms with E-state index in [1.807, 2.05) is 27.0 Å². The van der Waals surface area contributed by atoms with Crippen LogP contribution in [0, 0.1) is 0 Å². The van der Waals surface area contributed by atoms with Gasteiger partial charge in [0.2, 0.25) is 0 Å². The summed E-state index contributed by atoms with van der Waals surface area (Å²) in [5.41, 5.74) is 0. The molecule has 1 unspecified atom stereocenters. The van der Waals surface area contributed by atoms with Gasteiger partial charge < -0.3 is 10.1 Å². The Balaban J connectivity index is 0.000000791. The molecule has 1 aliphatic carbocycles. The maximum absolute atomic E-state index is 5.55. The first kappa shape index (κ1) is 13.2. The highest BCUT2D eigenvalue weighted by molar-refractivity contribution is 5.15. The smallest absolute Gasteiger partial charge is 0.115 e. The number of ether oxygens (including phenoxy) is 1. The molecule has 14 heavy (non-hydrogen) atoms. The van der Waals surface area contributed by atoms with Gasteiger partial charge in [-0.3, -0.25) is 0 Å². The van der Waals surface area contributed by atoms with E-state index < -0.39 is 0 Å². The lowest BCUT2D eigenvalue weighted by atomic mass is 10.2. The lowest BCUT2D eigenvalue weighted by Gasteiger charge is -2.13. The van der Waals surface area contributed by atoms with Crippen LogP contribution in [0.4, 0.5) is 0 Å². The minimum atomic E-state index is 0.418. The largest absolute Gasteiger partial charge is 0.492 e. The summed E-state index contributed by atoms with van der Waals surface area (Å²) in [5.74, 6) is 1.02. The van der Waals surface area contributed by atoms with Crippen LogP contribution in [0.2, 0.25) is 0 Å². The van der Waals surface area contributed by atoms with Crippen LogP contribution in [0.3, 0.4) is 0 Å². The summed E-state index contributed by atoms with van der Waals surface area (Å²) in [4.78, 5) is 0. The summed E-state index contributed by atoms with van der Waals surface area (Å²) in [6, 6.07) is 0.418. The van der Waals surface area contributed by atoms with Crippen LogP contribution in [0.25, 0.3) is 0 Å². The minimum absolute atomic E-state index is 0.418. The maximum Gasteiger partial charge on any atom is 0.115 e. The fourth-order valence-corrected chi connectivity index (χ4v) is 1.00. The summed E-state index contributed by atoms with van der Waals surface area (Å²) in [5, 5.41) is 3.13. The first-order valence-electron chi connectivity index (χ1n) is 5.49. The second kappa shape index (κ2) is 8.82. The van der Waals surface area contributed by atoms with Gasteiger partial charge in [0, 0.05) is 6.04 Å². The summed E-state index contributed by atoms with van der Waals surface area (Å²) >= 11 is 0. The molecule has 1 rings (SSSR count). The third kappa shape index (κ3) is 5.81. The van der Waals surface area contributed by atoms with Gasteiger partial charge in [0.25, 0.3) is 0 Å². The van der Waals surface area contributed by atoms with E-state index in [-0.39, 0.29) is 0 Å². The predicted octanol–water partition coefficient (Wildman–Crippen LogP) is 2.87. The van der Waals surface area contributed by atoms with E-state index in [0.29, 0.717) is 6.04 Å². The van der Waals surface area contributed by atoms with Gasteiger partial charge in [0.1, 0.15) is 12.4 Å². The third-order valence-electron chi connectivity index (χ3n) is 1.95. The molecule has 82 valence electrons. The van der Waals surface area contributed by atoms with Crippen molar-refractivity contribution in [3.05, 3.63) is 24.0 Å². The molecule has 0 saturated carbocycles. The van der Waals surface area contributed by atoms with Crippen LogP contribution in [-0.4, -0.2) is 19.7 Å². The Morgan fingerprint density at radius 2 is 2.14 bits per heavy atom. The lowest BCUT2D eigenvalue weighted by molar-refractivity contribution is 0.197. The standard InChI is InChI=1S/C10H17NO.C2H6/c1-9(11-2)8-12-10-6-4-3-5-7-10;1-2/h4,6-7,9,11H,3,5,8H2,1-2H3;1-2H3. The highest BCUT2D eigenvalue weighted by Gasteiger charge is 2.01. The Morgan fingerprint density at radius 3 is 2.64 bits per heavy atom. The van der Waals surface area contributed by atoms with Crippen molar-refractivity contribution in [2.24, 2.45) is 0 Å². The molecule has 1 aliphatic rings. The monoisotopic (exact) mass is 197 g/mol. The van der Waals surface area contributed by atoms with Crippen molar-refractivity contribution in [1.29, 1.82) is 0 Å². The molecule has 0 aromatic carbocycles. The quantitative estimate of drug-likeness (QED) is 0.748. The van der Waals surface area contributed by atoms with Crippen molar-refractivity contribution in [3.63, 3.8) is 0 Å². The Kier molecular flexibility index (Phi) is 8.34. The molecule has 0 aromatic rings. The Bertz CT molecular complexity index is 185. The summed E-state index contributed by atoms with van der Waals surface area (Å²) in [7, 11) is 1.94. The highest BCUT2D eigenvalue weighted by atomic mass is 16.5. The SMILES string of the molecule is CC.CNC(C)COC1=CCCC=C1. The molecule has 2 nitrogen and oxygen atoms in total. The van der Waals surface area contributed by atoms with Gasteiger partial charge in [-0.1, -0.05) is 19.9 Å². The number of likely N-dealkylation sites (N-methyl/N-ethyl adjacent to an activating group) is 1. The van der Waals surface area contributed by atoms with Crippen LogP contribution in [0.15, 0.2) is 24.0 Å². The van der Waals surface area contributed by atoms with Crippen molar-refractivity contribution in [3.8, 4) is 0 Å². The lowest BCUT2D eigenvalue weighted by Crippen LogP contribution is -2.26. The Hall–Kier alpha value is -0.760. The molecule has 1 N–H and O–H groups in total. The topological polar surface area (TPSA) is 21.3 Å². The summed E-state index contributed by atoms with van der Waals surface area (Å²) < 4.78 is 5.55. The van der Waals surface area contributed by atoms with Gasteiger partial charge in [0.15, 0.2) is 0 Å². The molecule has 0 spiro atoms. The molecule has 1 atom stereocenters. The zero-order valence-corrected chi connectivity index (χ0v) is 9.84. The van der Waals surface area contributed by atoms with E-state index in [2.05, 4.69) is 24.4 Å². The molecule has 0 radical (unpaired) electrons.